The van der Waals surface area contributed by atoms with Crippen LogP contribution in [0.1, 0.15) is 67.0 Å². The van der Waals surface area contributed by atoms with E-state index in [0.29, 0.717) is 13.1 Å². The predicted molar refractivity (Wildman–Crippen MR) is 125 cm³/mol. The van der Waals surface area contributed by atoms with Crippen LogP contribution in [0.5, 0.6) is 0 Å². The number of benzene rings is 1. The van der Waals surface area contributed by atoms with Gasteiger partial charge in [-0.05, 0) is 59.1 Å². The highest BCUT2D eigenvalue weighted by Gasteiger charge is 2.30. The molecule has 2 atom stereocenters. The van der Waals surface area contributed by atoms with Crippen molar-refractivity contribution in [2.24, 2.45) is 5.92 Å². The topological polar surface area (TPSA) is 61.9 Å². The molecule has 170 valence electrons. The van der Waals surface area contributed by atoms with Crippen molar-refractivity contribution < 1.29 is 13.7 Å². The molecule has 0 spiro atoms. The molecular formula is C23H39N3O3S. The zero-order valence-corrected chi connectivity index (χ0v) is 20.6. The molecule has 0 aromatic heterocycles. The second-order valence-electron chi connectivity index (χ2n) is 10.2. The van der Waals surface area contributed by atoms with Gasteiger partial charge in [0.15, 0.2) is 0 Å². The summed E-state index contributed by atoms with van der Waals surface area (Å²) in [6, 6.07) is 8.29. The summed E-state index contributed by atoms with van der Waals surface area (Å²) in [7, 11) is -1.16. The Bertz CT molecular complexity index is 745. The average Bonchev–Trinajstić information content (AvgIpc) is 2.63. The largest absolute Gasteiger partial charge is 0.444 e. The Hall–Kier alpha value is -1.60. The number of anilines is 1. The second-order valence-corrected chi connectivity index (χ2v) is 12.2. The van der Waals surface area contributed by atoms with Crippen molar-refractivity contribution >= 4 is 22.8 Å². The minimum atomic E-state index is -1.16. The minimum absolute atomic E-state index is 0.0230. The smallest absolute Gasteiger partial charge is 0.410 e. The molecule has 7 heteroatoms. The summed E-state index contributed by atoms with van der Waals surface area (Å²) in [6.45, 7) is 18.6. The first-order valence-electron chi connectivity index (χ1n) is 10.8. The monoisotopic (exact) mass is 437 g/mol. The van der Waals surface area contributed by atoms with E-state index in [-0.39, 0.29) is 22.8 Å². The van der Waals surface area contributed by atoms with Gasteiger partial charge in [-0.2, -0.15) is 0 Å². The van der Waals surface area contributed by atoms with Crippen molar-refractivity contribution in [3.63, 3.8) is 0 Å². The average molecular weight is 438 g/mol. The molecular weight excluding hydrogens is 398 g/mol. The third-order valence-corrected chi connectivity index (χ3v) is 6.58. The summed E-state index contributed by atoms with van der Waals surface area (Å²) < 4.78 is 21.3. The Balaban J connectivity index is 2.17. The van der Waals surface area contributed by atoms with Crippen molar-refractivity contribution in [2.75, 3.05) is 31.1 Å². The molecule has 1 aliphatic rings. The quantitative estimate of drug-likeness (QED) is 0.737. The molecule has 1 N–H and O–H groups in total. The Morgan fingerprint density at radius 1 is 1.03 bits per heavy atom. The first-order valence-corrected chi connectivity index (χ1v) is 11.9. The zero-order chi connectivity index (χ0) is 22.7. The maximum absolute atomic E-state index is 12.8. The van der Waals surface area contributed by atoms with Gasteiger partial charge in [-0.25, -0.2) is 13.7 Å². The third kappa shape index (κ3) is 6.71. The molecule has 1 aliphatic heterocycles. The van der Waals surface area contributed by atoms with Crippen LogP contribution in [0.3, 0.4) is 0 Å². The Kier molecular flexibility index (Phi) is 7.97. The number of carbonyl (C=O) groups is 1. The highest BCUT2D eigenvalue weighted by Crippen LogP contribution is 2.32. The van der Waals surface area contributed by atoms with Gasteiger partial charge in [-0.1, -0.05) is 32.0 Å². The first-order chi connectivity index (χ1) is 13.8. The molecule has 1 saturated heterocycles. The van der Waals surface area contributed by atoms with E-state index in [1.54, 1.807) is 4.90 Å². The molecule has 0 bridgehead atoms. The number of rotatable bonds is 5. The lowest BCUT2D eigenvalue weighted by molar-refractivity contribution is 0.0240. The fourth-order valence-corrected chi connectivity index (χ4v) is 4.33. The molecule has 6 nitrogen and oxygen atoms in total. The highest BCUT2D eigenvalue weighted by molar-refractivity contribution is 7.84. The molecule has 2 rings (SSSR count). The molecule has 0 unspecified atom stereocenters. The summed E-state index contributed by atoms with van der Waals surface area (Å²) >= 11 is 0. The van der Waals surface area contributed by atoms with E-state index in [1.807, 2.05) is 53.7 Å². The van der Waals surface area contributed by atoms with Crippen LogP contribution in [0.4, 0.5) is 10.5 Å². The normalized spacial score (nSPS) is 17.8. The highest BCUT2D eigenvalue weighted by atomic mass is 32.2. The number of amides is 1. The van der Waals surface area contributed by atoms with Crippen molar-refractivity contribution in [2.45, 2.75) is 71.8 Å². The predicted octanol–water partition coefficient (Wildman–Crippen LogP) is 4.49. The van der Waals surface area contributed by atoms with Gasteiger partial charge in [-0.15, -0.1) is 0 Å². The van der Waals surface area contributed by atoms with Gasteiger partial charge in [0.2, 0.25) is 0 Å². The van der Waals surface area contributed by atoms with Crippen molar-refractivity contribution in [3.8, 4) is 0 Å². The molecule has 1 aromatic carbocycles. The summed E-state index contributed by atoms with van der Waals surface area (Å²) in [6.07, 6.45) is -0.252. The van der Waals surface area contributed by atoms with E-state index in [9.17, 15) is 9.00 Å². The summed E-state index contributed by atoms with van der Waals surface area (Å²) in [4.78, 5) is 16.5. The molecule has 30 heavy (non-hydrogen) atoms. The van der Waals surface area contributed by atoms with Crippen LogP contribution in [0, 0.1) is 5.92 Å². The number of ether oxygens (including phenoxy) is 1. The van der Waals surface area contributed by atoms with E-state index in [1.165, 1.54) is 0 Å². The Labute approximate surface area is 184 Å². The number of nitrogens with zero attached hydrogens (tertiary/aromatic N) is 2. The Morgan fingerprint density at radius 2 is 1.60 bits per heavy atom. The molecule has 1 aromatic rings. The number of para-hydroxylation sites is 1. The maximum Gasteiger partial charge on any atom is 0.410 e. The van der Waals surface area contributed by atoms with Gasteiger partial charge in [0.1, 0.15) is 5.60 Å². The third-order valence-electron chi connectivity index (χ3n) is 5.00. The van der Waals surface area contributed by atoms with Gasteiger partial charge < -0.3 is 14.5 Å². The maximum atomic E-state index is 12.8. The van der Waals surface area contributed by atoms with Crippen LogP contribution in [0.15, 0.2) is 24.3 Å². The van der Waals surface area contributed by atoms with Crippen molar-refractivity contribution in [1.29, 1.82) is 0 Å². The SMILES string of the molecule is CC(C)[C@H](N[S@@](=O)C(C)(C)C)c1ccccc1N1CCN(C(=O)OC(C)(C)C)CC1. The fraction of sp³-hybridized carbons (Fsp3) is 0.696. The van der Waals surface area contributed by atoms with Crippen LogP contribution in [0.25, 0.3) is 0 Å². The van der Waals surface area contributed by atoms with Crippen LogP contribution < -0.4 is 9.62 Å². The lowest BCUT2D eigenvalue weighted by Gasteiger charge is -2.38. The lowest BCUT2D eigenvalue weighted by Crippen LogP contribution is -2.50. The summed E-state index contributed by atoms with van der Waals surface area (Å²) in [5.41, 5.74) is 1.80. The number of hydrogen-bond donors (Lipinski definition) is 1. The second kappa shape index (κ2) is 9.69. The number of nitrogens with one attached hydrogen (secondary N) is 1. The molecule has 0 radical (unpaired) electrons. The Morgan fingerprint density at radius 3 is 2.10 bits per heavy atom. The molecule has 1 fully saturated rings. The van der Waals surface area contributed by atoms with Crippen LogP contribution in [0.2, 0.25) is 0 Å². The van der Waals surface area contributed by atoms with E-state index in [2.05, 4.69) is 35.6 Å². The molecule has 0 aliphatic carbocycles. The van der Waals surface area contributed by atoms with Gasteiger partial charge in [-0.3, -0.25) is 0 Å². The number of hydrogen-bond acceptors (Lipinski definition) is 4. The van der Waals surface area contributed by atoms with Gasteiger partial charge >= 0.3 is 6.09 Å². The first kappa shape index (κ1) is 24.7. The van der Waals surface area contributed by atoms with Crippen LogP contribution in [-0.2, 0) is 15.7 Å². The summed E-state index contributed by atoms with van der Waals surface area (Å²) in [5, 5.41) is 0. The fourth-order valence-electron chi connectivity index (χ4n) is 3.35. The van der Waals surface area contributed by atoms with Crippen molar-refractivity contribution in [1.82, 2.24) is 9.62 Å². The van der Waals surface area contributed by atoms with Gasteiger partial charge in [0, 0.05) is 37.9 Å². The van der Waals surface area contributed by atoms with Gasteiger partial charge in [0.05, 0.1) is 15.7 Å². The van der Waals surface area contributed by atoms with Crippen LogP contribution in [-0.4, -0.2) is 51.7 Å². The molecule has 1 amide bonds. The standard InChI is InChI=1S/C23H39N3O3S/c1-17(2)20(24-30(28)23(6,7)8)18-11-9-10-12-19(18)25-13-15-26(16-14-25)21(27)29-22(3,4)5/h9-12,17,20,24H,13-16H2,1-8H3/t20-,30-/m0/s1. The van der Waals surface area contributed by atoms with E-state index < -0.39 is 16.6 Å². The van der Waals surface area contributed by atoms with Gasteiger partial charge in [0.25, 0.3) is 0 Å². The zero-order valence-electron chi connectivity index (χ0n) is 19.8. The van der Waals surface area contributed by atoms with Crippen molar-refractivity contribution in [3.05, 3.63) is 29.8 Å². The van der Waals surface area contributed by atoms with Crippen LogP contribution >= 0.6 is 0 Å². The molecule has 1 heterocycles. The van der Waals surface area contributed by atoms with E-state index >= 15 is 0 Å². The van der Waals surface area contributed by atoms with E-state index in [0.717, 1.165) is 24.3 Å². The lowest BCUT2D eigenvalue weighted by atomic mass is 9.95. The molecule has 0 saturated carbocycles. The van der Waals surface area contributed by atoms with E-state index in [4.69, 9.17) is 4.74 Å². The summed E-state index contributed by atoms with van der Waals surface area (Å²) in [5.74, 6) is 0.278. The number of piperazine rings is 1. The minimum Gasteiger partial charge on any atom is -0.444 e. The number of carbonyl (C=O) groups excluding carboxylic acids is 1.